The first-order valence-corrected chi connectivity index (χ1v) is 8.39. The molecule has 6 N–H and O–H groups in total. The smallest absolute Gasteiger partial charge is 0.414 e. The van der Waals surface area contributed by atoms with Crippen molar-refractivity contribution in [2.24, 2.45) is 0 Å². The number of phenols is 2. The van der Waals surface area contributed by atoms with Crippen molar-refractivity contribution in [3.8, 4) is 11.5 Å². The van der Waals surface area contributed by atoms with Crippen molar-refractivity contribution in [3.63, 3.8) is 0 Å². The molecule has 0 fully saturated rings. The molecule has 0 bridgehead atoms. The third-order valence-electron chi connectivity index (χ3n) is 2.75. The fraction of sp³-hybridized carbons (Fsp3) is 0.467. The van der Waals surface area contributed by atoms with Gasteiger partial charge in [0.2, 0.25) is 0 Å². The van der Waals surface area contributed by atoms with Crippen molar-refractivity contribution >= 4 is 23.7 Å². The lowest BCUT2D eigenvalue weighted by Gasteiger charge is -2.12. The van der Waals surface area contributed by atoms with Gasteiger partial charge in [-0.15, -0.1) is 0 Å². The molecule has 0 aliphatic heterocycles. The van der Waals surface area contributed by atoms with Crippen LogP contribution in [0.1, 0.15) is 25.0 Å². The summed E-state index contributed by atoms with van der Waals surface area (Å²) >= 11 is 1.90. The van der Waals surface area contributed by atoms with Crippen molar-refractivity contribution in [2.45, 2.75) is 19.4 Å². The number of rotatable bonds is 8. The van der Waals surface area contributed by atoms with E-state index in [1.54, 1.807) is 6.07 Å². The van der Waals surface area contributed by atoms with Crippen molar-refractivity contribution < 1.29 is 35.1 Å². The molecule has 1 aromatic rings. The lowest BCUT2D eigenvalue weighted by molar-refractivity contribution is -0.159. The zero-order chi connectivity index (χ0) is 18.5. The highest BCUT2D eigenvalue weighted by atomic mass is 32.2. The van der Waals surface area contributed by atoms with Crippen molar-refractivity contribution in [1.29, 1.82) is 0 Å². The molecule has 0 heterocycles. The summed E-state index contributed by atoms with van der Waals surface area (Å²) in [6.45, 7) is 3.45. The van der Waals surface area contributed by atoms with Crippen LogP contribution in [-0.4, -0.2) is 62.1 Å². The molecule has 0 saturated heterocycles. The van der Waals surface area contributed by atoms with E-state index in [1.165, 1.54) is 12.1 Å². The van der Waals surface area contributed by atoms with Crippen LogP contribution in [-0.2, 0) is 9.59 Å². The lowest BCUT2D eigenvalue weighted by atomic mass is 10.1. The molecule has 0 aliphatic rings. The molecule has 0 saturated carbocycles. The van der Waals surface area contributed by atoms with E-state index in [-0.39, 0.29) is 11.5 Å². The van der Waals surface area contributed by atoms with Crippen molar-refractivity contribution in [3.05, 3.63) is 23.8 Å². The van der Waals surface area contributed by atoms with Gasteiger partial charge in [-0.05, 0) is 42.2 Å². The van der Waals surface area contributed by atoms with E-state index in [0.29, 0.717) is 12.1 Å². The number of benzene rings is 1. The summed E-state index contributed by atoms with van der Waals surface area (Å²) in [5, 5.41) is 46.3. The van der Waals surface area contributed by atoms with Gasteiger partial charge in [-0.25, -0.2) is 9.59 Å². The number of hydrogen-bond acceptors (Lipinski definition) is 7. The second-order valence-corrected chi connectivity index (χ2v) is 6.02. The molecule has 0 unspecified atom stereocenters. The lowest BCUT2D eigenvalue weighted by Crippen LogP contribution is -2.22. The fourth-order valence-corrected chi connectivity index (χ4v) is 2.19. The molecule has 0 aliphatic carbocycles. The van der Waals surface area contributed by atoms with Gasteiger partial charge in [-0.1, -0.05) is 13.0 Å². The Bertz CT molecular complexity index is 513. The van der Waals surface area contributed by atoms with Crippen LogP contribution < -0.4 is 5.32 Å². The zero-order valence-electron chi connectivity index (χ0n) is 13.3. The average molecular weight is 361 g/mol. The van der Waals surface area contributed by atoms with E-state index < -0.39 is 18.0 Å². The van der Waals surface area contributed by atoms with Gasteiger partial charge in [0.1, 0.15) is 0 Å². The number of phenolic OH excluding ortho intramolecular Hbond substituents is 2. The van der Waals surface area contributed by atoms with Gasteiger partial charge >= 0.3 is 11.9 Å². The Morgan fingerprint density at radius 2 is 1.79 bits per heavy atom. The number of aromatic hydroxyl groups is 2. The first-order chi connectivity index (χ1) is 11.3. The van der Waals surface area contributed by atoms with Gasteiger partial charge in [-0.3, -0.25) is 0 Å². The zero-order valence-corrected chi connectivity index (χ0v) is 14.1. The number of thioether (sulfide) groups is 1. The van der Waals surface area contributed by atoms with E-state index in [0.717, 1.165) is 24.5 Å². The molecule has 0 radical (unpaired) electrons. The first kappa shape index (κ1) is 22.0. The highest BCUT2D eigenvalue weighted by Crippen LogP contribution is 2.27. The van der Waals surface area contributed by atoms with Crippen LogP contribution in [0.2, 0.25) is 0 Å². The van der Waals surface area contributed by atoms with Gasteiger partial charge in [0.05, 0.1) is 6.10 Å². The van der Waals surface area contributed by atoms with Crippen molar-refractivity contribution in [2.75, 3.05) is 24.6 Å². The van der Waals surface area contributed by atoms with Gasteiger partial charge in [0.15, 0.2) is 11.5 Å². The molecular formula is C15H23NO7S. The molecule has 8 nitrogen and oxygen atoms in total. The summed E-state index contributed by atoms with van der Waals surface area (Å²) in [7, 11) is 0. The molecule has 1 rings (SSSR count). The Labute approximate surface area is 144 Å². The maximum Gasteiger partial charge on any atom is 0.414 e. The fourth-order valence-electron chi connectivity index (χ4n) is 1.55. The third-order valence-corrected chi connectivity index (χ3v) is 3.74. The molecule has 0 aromatic heterocycles. The number of carbonyl (C=O) groups is 2. The highest BCUT2D eigenvalue weighted by molar-refractivity contribution is 7.99. The second-order valence-electron chi connectivity index (χ2n) is 4.63. The Morgan fingerprint density at radius 3 is 2.29 bits per heavy atom. The summed E-state index contributed by atoms with van der Waals surface area (Å²) in [5.74, 6) is -1.76. The van der Waals surface area contributed by atoms with Crippen LogP contribution in [0.15, 0.2) is 18.2 Å². The summed E-state index contributed by atoms with van der Waals surface area (Å²) in [6.07, 6.45) is 0.404. The molecule has 9 heteroatoms. The predicted molar refractivity (Wildman–Crippen MR) is 90.5 cm³/mol. The maximum absolute atomic E-state index is 9.88. The molecule has 136 valence electrons. The quantitative estimate of drug-likeness (QED) is 0.227. The van der Waals surface area contributed by atoms with E-state index in [4.69, 9.17) is 19.8 Å². The number of aliphatic hydroxyl groups excluding tert-OH is 1. The minimum absolute atomic E-state index is 0.171. The van der Waals surface area contributed by atoms with Crippen LogP contribution in [0.4, 0.5) is 0 Å². The topological polar surface area (TPSA) is 147 Å². The van der Waals surface area contributed by atoms with Crippen LogP contribution in [0.3, 0.4) is 0 Å². The number of nitrogens with one attached hydrogen (secondary N) is 1. The molecule has 1 atom stereocenters. The van der Waals surface area contributed by atoms with E-state index in [2.05, 4.69) is 12.2 Å². The summed E-state index contributed by atoms with van der Waals surface area (Å²) in [4.78, 5) is 18.2. The minimum atomic E-state index is -1.82. The minimum Gasteiger partial charge on any atom is -0.504 e. The Morgan fingerprint density at radius 1 is 1.17 bits per heavy atom. The monoisotopic (exact) mass is 361 g/mol. The molecular weight excluding hydrogens is 338 g/mol. The first-order valence-electron chi connectivity index (χ1n) is 7.24. The third kappa shape index (κ3) is 9.93. The normalized spacial score (nSPS) is 11.2. The SMILES string of the molecule is CCSCCCNC[C@H](O)c1ccc(O)c(O)c1.O=C(O)C(=O)O. The van der Waals surface area contributed by atoms with Crippen LogP contribution in [0.25, 0.3) is 0 Å². The number of carboxylic acids is 2. The number of aliphatic hydroxyl groups is 1. The Balaban J connectivity index is 0.000000754. The van der Waals surface area contributed by atoms with E-state index >= 15 is 0 Å². The van der Waals surface area contributed by atoms with Gasteiger partial charge in [0, 0.05) is 6.54 Å². The van der Waals surface area contributed by atoms with Crippen LogP contribution in [0, 0.1) is 0 Å². The van der Waals surface area contributed by atoms with Gasteiger partial charge in [-0.2, -0.15) is 11.8 Å². The van der Waals surface area contributed by atoms with Crippen molar-refractivity contribution in [1.82, 2.24) is 5.32 Å². The summed E-state index contributed by atoms with van der Waals surface area (Å²) in [6, 6.07) is 4.37. The largest absolute Gasteiger partial charge is 0.504 e. The van der Waals surface area contributed by atoms with Crippen LogP contribution in [0.5, 0.6) is 11.5 Å². The highest BCUT2D eigenvalue weighted by Gasteiger charge is 2.09. The molecule has 24 heavy (non-hydrogen) atoms. The number of hydrogen-bond donors (Lipinski definition) is 6. The molecule has 0 spiro atoms. The second kappa shape index (κ2) is 12.5. The standard InChI is InChI=1S/C13H21NO3S.C2H2O4/c1-2-18-7-3-6-14-9-13(17)10-4-5-11(15)12(16)8-10;3-1(4)2(5)6/h4-5,8,13-17H,2-3,6-7,9H2,1H3;(H,3,4)(H,5,6)/t13-;/m0./s1. The number of aliphatic carboxylic acids is 2. The predicted octanol–water partition coefficient (Wildman–Crippen LogP) is 1.02. The average Bonchev–Trinajstić information content (AvgIpc) is 2.53. The summed E-state index contributed by atoms with van der Waals surface area (Å²) in [5.41, 5.74) is 0.598. The van der Waals surface area contributed by atoms with E-state index in [1.807, 2.05) is 11.8 Å². The Kier molecular flexibility index (Phi) is 11.4. The molecule has 1 aromatic carbocycles. The molecule has 0 amide bonds. The maximum atomic E-state index is 9.88. The number of carboxylic acid groups (broad SMARTS) is 2. The van der Waals surface area contributed by atoms with Crippen LogP contribution >= 0.6 is 11.8 Å². The Hall–Kier alpha value is -1.97. The van der Waals surface area contributed by atoms with Gasteiger partial charge in [0.25, 0.3) is 0 Å². The summed E-state index contributed by atoms with van der Waals surface area (Å²) < 4.78 is 0. The van der Waals surface area contributed by atoms with Gasteiger partial charge < -0.3 is 30.8 Å². The van der Waals surface area contributed by atoms with E-state index in [9.17, 15) is 15.3 Å².